The molecule has 2 atom stereocenters. The van der Waals surface area contributed by atoms with Crippen molar-refractivity contribution in [2.45, 2.75) is 45.1 Å². The maximum atomic E-state index is 10.6. The molecule has 2 saturated heterocycles. The van der Waals surface area contributed by atoms with E-state index in [1.54, 1.807) is 0 Å². The van der Waals surface area contributed by atoms with Crippen LogP contribution in [0, 0.1) is 24.7 Å². The third kappa shape index (κ3) is 9.53. The summed E-state index contributed by atoms with van der Waals surface area (Å²) in [5, 5.41) is 14.2. The molecule has 1 saturated carbocycles. The van der Waals surface area contributed by atoms with Crippen molar-refractivity contribution in [3.63, 3.8) is 0 Å². The molecule has 0 aromatic carbocycles. The van der Waals surface area contributed by atoms with Gasteiger partial charge in [-0.25, -0.2) is 9.59 Å². The SMILES string of the molecule is Cc1ccc(CN2C[C@H]3CCN(CC4CC4)C[C@H]3C2)o1.O=C(O)C(F)(F)F.O=C(O)C(F)(F)F. The number of furan rings is 1. The third-order valence-electron chi connectivity index (χ3n) is 5.83. The van der Waals surface area contributed by atoms with E-state index in [1.165, 1.54) is 52.0 Å². The van der Waals surface area contributed by atoms with Crippen molar-refractivity contribution in [1.82, 2.24) is 9.80 Å². The highest BCUT2D eigenvalue weighted by molar-refractivity contribution is 5.73. The number of nitrogens with zero attached hydrogens (tertiary/aromatic N) is 2. The monoisotopic (exact) mass is 502 g/mol. The number of carbonyl (C=O) groups is 2. The molecule has 3 heterocycles. The quantitative estimate of drug-likeness (QED) is 0.601. The van der Waals surface area contributed by atoms with Gasteiger partial charge in [-0.15, -0.1) is 0 Å². The minimum Gasteiger partial charge on any atom is -0.475 e. The van der Waals surface area contributed by atoms with Gasteiger partial charge in [0, 0.05) is 26.2 Å². The van der Waals surface area contributed by atoms with Crippen molar-refractivity contribution in [3.05, 3.63) is 23.7 Å². The highest BCUT2D eigenvalue weighted by Gasteiger charge is 2.39. The molecule has 2 aliphatic heterocycles. The average Bonchev–Trinajstić information content (AvgIpc) is 3.28. The van der Waals surface area contributed by atoms with Gasteiger partial charge in [0.25, 0.3) is 0 Å². The average molecular weight is 502 g/mol. The number of hydrogen-bond donors (Lipinski definition) is 2. The molecule has 0 unspecified atom stereocenters. The lowest BCUT2D eigenvalue weighted by molar-refractivity contribution is -0.193. The van der Waals surface area contributed by atoms with Crippen LogP contribution in [0.15, 0.2) is 16.5 Å². The van der Waals surface area contributed by atoms with Gasteiger partial charge in [-0.2, -0.15) is 26.3 Å². The Labute approximate surface area is 192 Å². The van der Waals surface area contributed by atoms with Crippen molar-refractivity contribution in [2.75, 3.05) is 32.7 Å². The lowest BCUT2D eigenvalue weighted by Crippen LogP contribution is -2.40. The molecule has 1 aromatic heterocycles. The Morgan fingerprint density at radius 2 is 1.41 bits per heavy atom. The summed E-state index contributed by atoms with van der Waals surface area (Å²) < 4.78 is 69.2. The van der Waals surface area contributed by atoms with Gasteiger partial charge in [0.2, 0.25) is 0 Å². The number of hydrogen-bond acceptors (Lipinski definition) is 5. The van der Waals surface area contributed by atoms with Gasteiger partial charge in [-0.3, -0.25) is 4.90 Å². The molecule has 3 fully saturated rings. The normalized spacial score (nSPS) is 23.3. The lowest BCUT2D eigenvalue weighted by Gasteiger charge is -2.34. The summed E-state index contributed by atoms with van der Waals surface area (Å²) in [6.45, 7) is 9.64. The van der Waals surface area contributed by atoms with Crippen LogP contribution in [0.4, 0.5) is 26.3 Å². The summed E-state index contributed by atoms with van der Waals surface area (Å²) in [5.41, 5.74) is 0. The van der Waals surface area contributed by atoms with E-state index in [0.717, 1.165) is 35.8 Å². The molecule has 194 valence electrons. The van der Waals surface area contributed by atoms with Gasteiger partial charge < -0.3 is 19.5 Å². The summed E-state index contributed by atoms with van der Waals surface area (Å²) in [6.07, 6.45) is -5.80. The fourth-order valence-electron chi connectivity index (χ4n) is 4.09. The molecule has 13 heteroatoms. The molecule has 0 amide bonds. The molecule has 0 radical (unpaired) electrons. The molecule has 1 aromatic rings. The fraction of sp³-hybridized carbons (Fsp3) is 0.714. The van der Waals surface area contributed by atoms with Crippen LogP contribution in [0.25, 0.3) is 0 Å². The zero-order chi connectivity index (χ0) is 25.7. The minimum atomic E-state index is -5.08. The third-order valence-corrected chi connectivity index (χ3v) is 5.83. The predicted octanol–water partition coefficient (Wildman–Crippen LogP) is 4.02. The van der Waals surface area contributed by atoms with Gasteiger partial charge >= 0.3 is 24.3 Å². The maximum absolute atomic E-state index is 10.6. The molecular formula is C21H28F6N2O5. The van der Waals surface area contributed by atoms with Crippen molar-refractivity contribution in [1.29, 1.82) is 0 Å². The second kappa shape index (κ2) is 11.4. The Balaban J connectivity index is 0.000000244. The van der Waals surface area contributed by atoms with Crippen molar-refractivity contribution < 1.29 is 50.6 Å². The molecule has 4 rings (SSSR count). The number of rotatable bonds is 4. The number of alkyl halides is 6. The Bertz CT molecular complexity index is 797. The Morgan fingerprint density at radius 1 is 0.912 bits per heavy atom. The van der Waals surface area contributed by atoms with E-state index in [0.29, 0.717) is 0 Å². The molecule has 7 nitrogen and oxygen atoms in total. The minimum absolute atomic E-state index is 0.901. The Kier molecular flexibility index (Phi) is 9.40. The van der Waals surface area contributed by atoms with E-state index < -0.39 is 24.3 Å². The zero-order valence-electron chi connectivity index (χ0n) is 18.5. The van der Waals surface area contributed by atoms with Crippen molar-refractivity contribution >= 4 is 11.9 Å². The molecule has 3 aliphatic rings. The number of aliphatic carboxylic acids is 2. The number of aryl methyl sites for hydroxylation is 1. The Hall–Kier alpha value is -2.28. The second-order valence-corrected chi connectivity index (χ2v) is 8.82. The lowest BCUT2D eigenvalue weighted by atomic mass is 9.88. The van der Waals surface area contributed by atoms with Gasteiger partial charge in [0.1, 0.15) is 11.5 Å². The number of fused-ring (bicyclic) bond motifs is 1. The summed E-state index contributed by atoms with van der Waals surface area (Å²) in [4.78, 5) is 23.1. The number of piperidine rings is 1. The predicted molar refractivity (Wildman–Crippen MR) is 107 cm³/mol. The summed E-state index contributed by atoms with van der Waals surface area (Å²) in [5.74, 6) is -0.474. The van der Waals surface area contributed by atoms with Crippen LogP contribution in [0.1, 0.15) is 30.8 Å². The van der Waals surface area contributed by atoms with Gasteiger partial charge in [-0.05, 0) is 62.6 Å². The maximum Gasteiger partial charge on any atom is 0.490 e. The van der Waals surface area contributed by atoms with E-state index in [4.69, 9.17) is 24.2 Å². The van der Waals surface area contributed by atoms with Crippen LogP contribution >= 0.6 is 0 Å². The van der Waals surface area contributed by atoms with Crippen LogP contribution in [0.5, 0.6) is 0 Å². The van der Waals surface area contributed by atoms with Crippen molar-refractivity contribution in [2.24, 2.45) is 17.8 Å². The molecule has 2 N–H and O–H groups in total. The topological polar surface area (TPSA) is 94.2 Å². The summed E-state index contributed by atoms with van der Waals surface area (Å²) in [7, 11) is 0. The van der Waals surface area contributed by atoms with E-state index in [9.17, 15) is 26.3 Å². The summed E-state index contributed by atoms with van der Waals surface area (Å²) >= 11 is 0. The smallest absolute Gasteiger partial charge is 0.475 e. The highest BCUT2D eigenvalue weighted by Crippen LogP contribution is 2.35. The zero-order valence-corrected chi connectivity index (χ0v) is 18.5. The first kappa shape index (κ1) is 28.0. The largest absolute Gasteiger partial charge is 0.490 e. The first-order valence-electron chi connectivity index (χ1n) is 10.8. The van der Waals surface area contributed by atoms with Crippen LogP contribution in [0.3, 0.4) is 0 Å². The second-order valence-electron chi connectivity index (χ2n) is 8.82. The van der Waals surface area contributed by atoms with Gasteiger partial charge in [-0.1, -0.05) is 0 Å². The van der Waals surface area contributed by atoms with E-state index in [2.05, 4.69) is 21.9 Å². The standard InChI is InChI=1S/C17H26N2O.2C2HF3O2/c1-13-2-5-17(20-13)12-19-9-15-6-7-18(8-14-3-4-14)10-16(15)11-19;2*3-2(4,5)1(6)7/h2,5,14-16H,3-4,6-12H2,1H3;2*(H,6,7)/t15-,16+;;/m1../s1. The number of carboxylic acid groups (broad SMARTS) is 2. The molecule has 1 aliphatic carbocycles. The summed E-state index contributed by atoms with van der Waals surface area (Å²) in [6, 6.07) is 4.21. The molecule has 34 heavy (non-hydrogen) atoms. The molecule has 0 bridgehead atoms. The van der Waals surface area contributed by atoms with Crippen molar-refractivity contribution in [3.8, 4) is 0 Å². The number of carboxylic acids is 2. The van der Waals surface area contributed by atoms with Gasteiger partial charge in [0.15, 0.2) is 0 Å². The van der Waals surface area contributed by atoms with Crippen LogP contribution in [-0.4, -0.2) is 77.0 Å². The van der Waals surface area contributed by atoms with Crippen LogP contribution in [0.2, 0.25) is 0 Å². The fourth-order valence-corrected chi connectivity index (χ4v) is 4.09. The first-order chi connectivity index (χ1) is 15.6. The van der Waals surface area contributed by atoms with Crippen LogP contribution < -0.4 is 0 Å². The molecule has 0 spiro atoms. The highest BCUT2D eigenvalue weighted by atomic mass is 19.4. The Morgan fingerprint density at radius 3 is 1.85 bits per heavy atom. The molecular weight excluding hydrogens is 474 g/mol. The van der Waals surface area contributed by atoms with E-state index in [-0.39, 0.29) is 0 Å². The van der Waals surface area contributed by atoms with Gasteiger partial charge in [0.05, 0.1) is 6.54 Å². The number of halogens is 6. The van der Waals surface area contributed by atoms with Crippen LogP contribution in [-0.2, 0) is 16.1 Å². The van der Waals surface area contributed by atoms with E-state index >= 15 is 0 Å². The first-order valence-corrected chi connectivity index (χ1v) is 10.8. The van der Waals surface area contributed by atoms with E-state index in [1.807, 2.05) is 6.92 Å². The number of likely N-dealkylation sites (tertiary alicyclic amines) is 2.